The number of rotatable bonds is 5. The van der Waals surface area contributed by atoms with E-state index in [1.54, 1.807) is 18.5 Å². The van der Waals surface area contributed by atoms with Gasteiger partial charge in [-0.05, 0) is 55.0 Å². The molecule has 3 aromatic heterocycles. The molecule has 31 heavy (non-hydrogen) atoms. The first-order chi connectivity index (χ1) is 14.8. The molecule has 0 aliphatic heterocycles. The highest BCUT2D eigenvalue weighted by molar-refractivity contribution is 7.92. The van der Waals surface area contributed by atoms with Crippen LogP contribution in [0.5, 0.6) is 5.75 Å². The van der Waals surface area contributed by atoms with Crippen molar-refractivity contribution >= 4 is 32.8 Å². The second-order valence-electron chi connectivity index (χ2n) is 6.60. The summed E-state index contributed by atoms with van der Waals surface area (Å²) >= 11 is 0. The Morgan fingerprint density at radius 3 is 2.45 bits per heavy atom. The lowest BCUT2D eigenvalue weighted by atomic mass is 10.1. The number of pyridine rings is 3. The van der Waals surface area contributed by atoms with Gasteiger partial charge in [0.05, 0.1) is 16.3 Å². The van der Waals surface area contributed by atoms with Gasteiger partial charge in [-0.3, -0.25) is 14.7 Å². The normalized spacial score (nSPS) is 11.3. The number of nitrogens with two attached hydrogens (primary N) is 1. The van der Waals surface area contributed by atoms with Crippen molar-refractivity contribution in [2.45, 2.75) is 11.8 Å². The number of ether oxygens (including phenoxy) is 1. The highest BCUT2D eigenvalue weighted by Gasteiger charge is 2.19. The number of primary amides is 1. The summed E-state index contributed by atoms with van der Waals surface area (Å²) in [4.78, 5) is 23.9. The zero-order valence-corrected chi connectivity index (χ0v) is 17.1. The maximum Gasteiger partial charge on any atom is 0.409 e. The summed E-state index contributed by atoms with van der Waals surface area (Å²) in [7, 11) is -4.00. The third-order valence-corrected chi connectivity index (χ3v) is 5.78. The Bertz CT molecular complexity index is 1390. The van der Waals surface area contributed by atoms with E-state index in [0.29, 0.717) is 22.3 Å². The second kappa shape index (κ2) is 8.00. The van der Waals surface area contributed by atoms with E-state index in [0.717, 1.165) is 5.56 Å². The molecule has 1 amide bonds. The largest absolute Gasteiger partial charge is 0.411 e. The SMILES string of the molecule is Cc1cccnc1-c1cc2cccnc2c(NS(=O)(=O)c2ccc(OC(N)=O)cc2)n1. The summed E-state index contributed by atoms with van der Waals surface area (Å²) in [6.45, 7) is 1.90. The number of sulfonamides is 1. The van der Waals surface area contributed by atoms with Crippen LogP contribution in [0.1, 0.15) is 5.56 Å². The minimum absolute atomic E-state index is 0.0466. The fourth-order valence-corrected chi connectivity index (χ4v) is 4.03. The highest BCUT2D eigenvalue weighted by Crippen LogP contribution is 2.28. The fraction of sp³-hybridized carbons (Fsp3) is 0.0476. The summed E-state index contributed by atoms with van der Waals surface area (Å²) in [5.74, 6) is 0.208. The molecule has 4 aromatic rings. The van der Waals surface area contributed by atoms with Gasteiger partial charge >= 0.3 is 6.09 Å². The van der Waals surface area contributed by atoms with E-state index < -0.39 is 16.1 Å². The second-order valence-corrected chi connectivity index (χ2v) is 8.28. The topological polar surface area (TPSA) is 137 Å². The summed E-state index contributed by atoms with van der Waals surface area (Å²) in [5.41, 5.74) is 7.42. The molecule has 0 bridgehead atoms. The Kier molecular flexibility index (Phi) is 5.22. The number of nitrogens with zero attached hydrogens (tertiary/aromatic N) is 3. The fourth-order valence-electron chi connectivity index (χ4n) is 3.02. The average Bonchev–Trinajstić information content (AvgIpc) is 2.74. The summed E-state index contributed by atoms with van der Waals surface area (Å²) in [6.07, 6.45) is 2.22. The van der Waals surface area contributed by atoms with Crippen molar-refractivity contribution in [3.05, 3.63) is 72.6 Å². The molecule has 0 aliphatic carbocycles. The molecule has 0 saturated carbocycles. The van der Waals surface area contributed by atoms with Crippen LogP contribution < -0.4 is 15.2 Å². The van der Waals surface area contributed by atoms with Crippen LogP contribution in [0.4, 0.5) is 10.6 Å². The van der Waals surface area contributed by atoms with Gasteiger partial charge in [0.15, 0.2) is 5.82 Å². The lowest BCUT2D eigenvalue weighted by molar-refractivity contribution is 0.211. The Labute approximate surface area is 178 Å². The van der Waals surface area contributed by atoms with E-state index in [4.69, 9.17) is 10.5 Å². The van der Waals surface area contributed by atoms with E-state index >= 15 is 0 Å². The molecule has 0 radical (unpaired) electrons. The molecule has 0 unspecified atom stereocenters. The molecule has 3 heterocycles. The Morgan fingerprint density at radius 1 is 1.03 bits per heavy atom. The highest BCUT2D eigenvalue weighted by atomic mass is 32.2. The number of anilines is 1. The van der Waals surface area contributed by atoms with E-state index in [1.165, 1.54) is 24.3 Å². The monoisotopic (exact) mass is 435 g/mol. The number of carbonyl (C=O) groups is 1. The molecular weight excluding hydrogens is 418 g/mol. The van der Waals surface area contributed by atoms with Gasteiger partial charge in [0.2, 0.25) is 0 Å². The van der Waals surface area contributed by atoms with Gasteiger partial charge in [-0.2, -0.15) is 0 Å². The van der Waals surface area contributed by atoms with E-state index in [2.05, 4.69) is 19.7 Å². The molecule has 0 atom stereocenters. The number of aryl methyl sites for hydroxylation is 1. The van der Waals surface area contributed by atoms with E-state index in [1.807, 2.05) is 31.2 Å². The minimum Gasteiger partial charge on any atom is -0.411 e. The molecule has 9 nitrogen and oxygen atoms in total. The van der Waals surface area contributed by atoms with Crippen molar-refractivity contribution < 1.29 is 17.9 Å². The van der Waals surface area contributed by atoms with Crippen molar-refractivity contribution in [2.24, 2.45) is 5.73 Å². The van der Waals surface area contributed by atoms with Gasteiger partial charge < -0.3 is 10.5 Å². The molecule has 0 spiro atoms. The van der Waals surface area contributed by atoms with Crippen LogP contribution in [0.2, 0.25) is 0 Å². The van der Waals surface area contributed by atoms with Crippen LogP contribution in [0.25, 0.3) is 22.3 Å². The zero-order chi connectivity index (χ0) is 22.0. The number of hydrogen-bond acceptors (Lipinski definition) is 7. The number of amides is 1. The average molecular weight is 435 g/mol. The molecule has 0 saturated heterocycles. The number of hydrogen-bond donors (Lipinski definition) is 2. The van der Waals surface area contributed by atoms with Crippen LogP contribution in [-0.2, 0) is 10.0 Å². The quantitative estimate of drug-likeness (QED) is 0.491. The van der Waals surface area contributed by atoms with Crippen molar-refractivity contribution in [1.29, 1.82) is 0 Å². The zero-order valence-electron chi connectivity index (χ0n) is 16.3. The van der Waals surface area contributed by atoms with Crippen molar-refractivity contribution in [2.75, 3.05) is 4.72 Å². The lowest BCUT2D eigenvalue weighted by Gasteiger charge is -2.12. The molecule has 1 aromatic carbocycles. The van der Waals surface area contributed by atoms with Gasteiger partial charge in [0.1, 0.15) is 11.3 Å². The summed E-state index contributed by atoms with van der Waals surface area (Å²) in [6, 6.07) is 14.4. The molecular formula is C21H17N5O4S. The standard InChI is InChI=1S/C21H17N5O4S/c1-13-4-2-10-23-18(13)17-12-14-5-3-11-24-19(14)20(25-17)26-31(28,29)16-8-6-15(7-9-16)30-21(22)27/h2-12H,1H3,(H2,22,27)(H,25,26). The Morgan fingerprint density at radius 2 is 1.74 bits per heavy atom. The smallest absolute Gasteiger partial charge is 0.409 e. The first kappa shape index (κ1) is 20.2. The summed E-state index contributed by atoms with van der Waals surface area (Å²) < 4.78 is 33.2. The first-order valence-electron chi connectivity index (χ1n) is 9.11. The van der Waals surface area contributed by atoms with Crippen molar-refractivity contribution in [3.8, 4) is 17.1 Å². The number of aromatic nitrogens is 3. The number of fused-ring (bicyclic) bond motifs is 1. The van der Waals surface area contributed by atoms with Crippen LogP contribution in [0, 0.1) is 6.92 Å². The predicted octanol–water partition coefficient (Wildman–Crippen LogP) is 3.26. The Hall–Kier alpha value is -4.05. The number of benzene rings is 1. The van der Waals surface area contributed by atoms with E-state index in [-0.39, 0.29) is 16.5 Å². The summed E-state index contributed by atoms with van der Waals surface area (Å²) in [5, 5.41) is 0.709. The van der Waals surface area contributed by atoms with Crippen LogP contribution in [0.15, 0.2) is 71.9 Å². The number of nitrogens with one attached hydrogen (secondary N) is 1. The van der Waals surface area contributed by atoms with Gasteiger partial charge in [-0.1, -0.05) is 12.1 Å². The Balaban J connectivity index is 1.76. The third-order valence-electron chi connectivity index (χ3n) is 4.42. The van der Waals surface area contributed by atoms with Gasteiger partial charge in [0.25, 0.3) is 10.0 Å². The van der Waals surface area contributed by atoms with E-state index in [9.17, 15) is 13.2 Å². The maximum absolute atomic E-state index is 13.0. The maximum atomic E-state index is 13.0. The van der Waals surface area contributed by atoms with Crippen LogP contribution >= 0.6 is 0 Å². The van der Waals surface area contributed by atoms with Gasteiger partial charge in [0, 0.05) is 17.8 Å². The molecule has 3 N–H and O–H groups in total. The van der Waals surface area contributed by atoms with Crippen molar-refractivity contribution in [3.63, 3.8) is 0 Å². The lowest BCUT2D eigenvalue weighted by Crippen LogP contribution is -2.17. The molecule has 10 heteroatoms. The van der Waals surface area contributed by atoms with Crippen molar-refractivity contribution in [1.82, 2.24) is 15.0 Å². The van der Waals surface area contributed by atoms with Gasteiger partial charge in [-0.25, -0.2) is 18.2 Å². The molecule has 0 fully saturated rings. The molecule has 4 rings (SSSR count). The van der Waals surface area contributed by atoms with Crippen LogP contribution in [-0.4, -0.2) is 29.5 Å². The minimum atomic E-state index is -4.00. The van der Waals surface area contributed by atoms with Crippen LogP contribution in [0.3, 0.4) is 0 Å². The molecule has 0 aliphatic rings. The third kappa shape index (κ3) is 4.28. The number of carbonyl (C=O) groups excluding carboxylic acids is 1. The van der Waals surface area contributed by atoms with Gasteiger partial charge in [-0.15, -0.1) is 0 Å². The molecule has 156 valence electrons. The first-order valence-corrected chi connectivity index (χ1v) is 10.6. The predicted molar refractivity (Wildman–Crippen MR) is 115 cm³/mol.